The van der Waals surface area contributed by atoms with Crippen LogP contribution in [0, 0.1) is 10.1 Å². The van der Waals surface area contributed by atoms with Crippen molar-refractivity contribution in [2.24, 2.45) is 20.5 Å². The SMILES string of the molecule is O=[N+]([O-])c1ccc(N=Nc2c(S(=O)(=O)O)cc3cc(N=Nc4ccc(O)c5ncccc45)ccc3c2O)c(O)c1. The normalized spacial score (nSPS) is 12.1. The number of nitro benzene ring substituents is 1. The number of benzene rings is 4. The Kier molecular flexibility index (Phi) is 6.50. The van der Waals surface area contributed by atoms with Crippen molar-refractivity contribution in [3.63, 3.8) is 0 Å². The average molecular weight is 561 g/mol. The monoisotopic (exact) mass is 560 g/mol. The Morgan fingerprint density at radius 2 is 1.55 bits per heavy atom. The van der Waals surface area contributed by atoms with Gasteiger partial charge in [-0.1, -0.05) is 0 Å². The van der Waals surface area contributed by atoms with Crippen molar-refractivity contribution < 1.29 is 33.2 Å². The summed E-state index contributed by atoms with van der Waals surface area (Å²) in [6.07, 6.45) is 1.52. The van der Waals surface area contributed by atoms with Gasteiger partial charge in [0.25, 0.3) is 15.8 Å². The maximum Gasteiger partial charge on any atom is 0.296 e. The van der Waals surface area contributed by atoms with Gasteiger partial charge in [-0.25, -0.2) is 0 Å². The molecule has 0 aliphatic heterocycles. The summed E-state index contributed by atoms with van der Waals surface area (Å²) in [5.74, 6) is -1.28. The van der Waals surface area contributed by atoms with Crippen LogP contribution in [-0.4, -0.2) is 38.2 Å². The number of rotatable bonds is 6. The van der Waals surface area contributed by atoms with E-state index in [1.54, 1.807) is 18.2 Å². The predicted octanol–water partition coefficient (Wildman–Crippen LogP) is 6.49. The molecule has 200 valence electrons. The highest BCUT2D eigenvalue weighted by Gasteiger charge is 2.22. The number of phenols is 3. The lowest BCUT2D eigenvalue weighted by Gasteiger charge is -2.09. The second-order valence-electron chi connectivity index (χ2n) is 8.29. The largest absolute Gasteiger partial charge is 0.506 e. The van der Waals surface area contributed by atoms with Gasteiger partial charge in [-0.15, -0.1) is 15.3 Å². The van der Waals surface area contributed by atoms with Crippen LogP contribution in [-0.2, 0) is 10.1 Å². The first kappa shape index (κ1) is 26.1. The van der Waals surface area contributed by atoms with Crippen LogP contribution in [0.1, 0.15) is 0 Å². The maximum absolute atomic E-state index is 12.1. The van der Waals surface area contributed by atoms with E-state index in [2.05, 4.69) is 25.4 Å². The number of aromatic hydroxyl groups is 3. The lowest BCUT2D eigenvalue weighted by Crippen LogP contribution is -1.99. The van der Waals surface area contributed by atoms with Crippen molar-refractivity contribution in [1.29, 1.82) is 0 Å². The zero-order chi connectivity index (χ0) is 28.6. The Morgan fingerprint density at radius 1 is 0.800 bits per heavy atom. The molecule has 4 N–H and O–H groups in total. The van der Waals surface area contributed by atoms with E-state index in [-0.39, 0.29) is 27.9 Å². The summed E-state index contributed by atoms with van der Waals surface area (Å²) in [6.45, 7) is 0. The Labute approximate surface area is 224 Å². The zero-order valence-corrected chi connectivity index (χ0v) is 20.8. The molecular formula is C25H16N6O8S. The van der Waals surface area contributed by atoms with Crippen molar-refractivity contribution in [2.45, 2.75) is 4.90 Å². The molecule has 0 radical (unpaired) electrons. The molecule has 0 spiro atoms. The number of phenolic OH excluding ortho intramolecular Hbond substituents is 3. The number of non-ortho nitro benzene ring substituents is 1. The van der Waals surface area contributed by atoms with Crippen LogP contribution in [0.2, 0.25) is 0 Å². The predicted molar refractivity (Wildman–Crippen MR) is 142 cm³/mol. The number of nitrogens with zero attached hydrogens (tertiary/aromatic N) is 6. The molecule has 0 unspecified atom stereocenters. The van der Waals surface area contributed by atoms with Crippen molar-refractivity contribution in [3.8, 4) is 17.2 Å². The van der Waals surface area contributed by atoms with Crippen LogP contribution in [0.25, 0.3) is 21.7 Å². The summed E-state index contributed by atoms with van der Waals surface area (Å²) >= 11 is 0. The number of aromatic nitrogens is 1. The van der Waals surface area contributed by atoms with E-state index in [1.165, 1.54) is 30.5 Å². The molecule has 0 saturated heterocycles. The summed E-state index contributed by atoms with van der Waals surface area (Å²) < 4.78 is 34.1. The number of nitro groups is 1. The molecule has 15 heteroatoms. The molecule has 0 aliphatic carbocycles. The maximum atomic E-state index is 12.1. The Bertz CT molecular complexity index is 2010. The second-order valence-corrected chi connectivity index (χ2v) is 9.68. The third kappa shape index (κ3) is 4.96. The van der Waals surface area contributed by atoms with Crippen molar-refractivity contribution >= 4 is 60.2 Å². The molecular weight excluding hydrogens is 544 g/mol. The lowest BCUT2D eigenvalue weighted by atomic mass is 10.1. The highest BCUT2D eigenvalue weighted by atomic mass is 32.2. The quantitative estimate of drug-likeness (QED) is 0.0769. The molecule has 1 heterocycles. The summed E-state index contributed by atoms with van der Waals surface area (Å²) in [5, 5.41) is 58.3. The minimum Gasteiger partial charge on any atom is -0.506 e. The lowest BCUT2D eigenvalue weighted by molar-refractivity contribution is -0.384. The number of hydrogen-bond donors (Lipinski definition) is 4. The van der Waals surface area contributed by atoms with Gasteiger partial charge in [0.15, 0.2) is 5.75 Å². The number of hydrogen-bond acceptors (Lipinski definition) is 12. The third-order valence-electron chi connectivity index (χ3n) is 5.74. The summed E-state index contributed by atoms with van der Waals surface area (Å²) in [4.78, 5) is 13.5. The topological polar surface area (TPSA) is 221 Å². The number of fused-ring (bicyclic) bond motifs is 2. The fourth-order valence-corrected chi connectivity index (χ4v) is 4.51. The van der Waals surface area contributed by atoms with E-state index < -0.39 is 42.8 Å². The van der Waals surface area contributed by atoms with Gasteiger partial charge in [0.1, 0.15) is 33.3 Å². The molecule has 5 aromatic rings. The van der Waals surface area contributed by atoms with E-state index in [1.807, 2.05) is 0 Å². The molecule has 1 aromatic heterocycles. The highest BCUT2D eigenvalue weighted by Crippen LogP contribution is 2.43. The molecule has 0 fully saturated rings. The van der Waals surface area contributed by atoms with Gasteiger partial charge < -0.3 is 15.3 Å². The second kappa shape index (κ2) is 9.97. The molecule has 5 rings (SSSR count). The highest BCUT2D eigenvalue weighted by molar-refractivity contribution is 7.86. The van der Waals surface area contributed by atoms with Crippen LogP contribution >= 0.6 is 0 Å². The summed E-state index contributed by atoms with van der Waals surface area (Å²) in [7, 11) is -4.93. The molecule has 4 aromatic carbocycles. The van der Waals surface area contributed by atoms with E-state index in [9.17, 15) is 38.4 Å². The fourth-order valence-electron chi connectivity index (χ4n) is 3.85. The van der Waals surface area contributed by atoms with Crippen LogP contribution < -0.4 is 0 Å². The van der Waals surface area contributed by atoms with Gasteiger partial charge in [-0.2, -0.15) is 13.5 Å². The van der Waals surface area contributed by atoms with Crippen LogP contribution in [0.3, 0.4) is 0 Å². The summed E-state index contributed by atoms with van der Waals surface area (Å²) in [5.41, 5.74) is -0.267. The first-order chi connectivity index (χ1) is 19.0. The number of pyridine rings is 1. The van der Waals surface area contributed by atoms with Gasteiger partial charge in [0.2, 0.25) is 0 Å². The van der Waals surface area contributed by atoms with Crippen molar-refractivity contribution in [1.82, 2.24) is 4.98 Å². The van der Waals surface area contributed by atoms with Gasteiger partial charge >= 0.3 is 0 Å². The Morgan fingerprint density at radius 3 is 2.27 bits per heavy atom. The molecule has 40 heavy (non-hydrogen) atoms. The van der Waals surface area contributed by atoms with Gasteiger partial charge in [-0.3, -0.25) is 19.7 Å². The minimum absolute atomic E-state index is 0.0229. The molecule has 0 saturated carbocycles. The Hall–Kier alpha value is -5.54. The molecule has 0 atom stereocenters. The van der Waals surface area contributed by atoms with Gasteiger partial charge in [0, 0.05) is 23.0 Å². The molecule has 0 aliphatic rings. The standard InChI is InChI=1S/C25H16N6O8S/c32-20-8-7-18(17-2-1-9-26-23(17)20)28-27-14-3-5-16-13(10-14)11-22(40(37,38)39)24(25(16)34)30-29-19-6-4-15(31(35)36)12-21(19)33/h1-12,32-34H,(H,37,38,39). The first-order valence-corrected chi connectivity index (χ1v) is 12.6. The molecule has 14 nitrogen and oxygen atoms in total. The third-order valence-corrected chi connectivity index (χ3v) is 6.61. The average Bonchev–Trinajstić information content (AvgIpc) is 2.92. The minimum atomic E-state index is -4.93. The van der Waals surface area contributed by atoms with Crippen molar-refractivity contribution in [3.05, 3.63) is 83.0 Å². The molecule has 0 bridgehead atoms. The summed E-state index contributed by atoms with van der Waals surface area (Å²) in [6, 6.07) is 14.7. The first-order valence-electron chi connectivity index (χ1n) is 11.2. The van der Waals surface area contributed by atoms with E-state index >= 15 is 0 Å². The van der Waals surface area contributed by atoms with Crippen LogP contribution in [0.15, 0.2) is 98.3 Å². The van der Waals surface area contributed by atoms with E-state index in [0.717, 1.165) is 24.3 Å². The van der Waals surface area contributed by atoms with Crippen LogP contribution in [0.4, 0.5) is 28.4 Å². The van der Waals surface area contributed by atoms with Crippen LogP contribution in [0.5, 0.6) is 17.2 Å². The fraction of sp³-hybridized carbons (Fsp3) is 0. The zero-order valence-electron chi connectivity index (χ0n) is 19.9. The van der Waals surface area contributed by atoms with E-state index in [4.69, 9.17) is 0 Å². The Balaban J connectivity index is 1.56. The van der Waals surface area contributed by atoms with Gasteiger partial charge in [-0.05, 0) is 60.0 Å². The number of azo groups is 2. The van der Waals surface area contributed by atoms with E-state index in [0.29, 0.717) is 16.6 Å². The van der Waals surface area contributed by atoms with Gasteiger partial charge in [0.05, 0.1) is 22.4 Å². The molecule has 0 amide bonds. The van der Waals surface area contributed by atoms with Crippen molar-refractivity contribution in [2.75, 3.05) is 0 Å². The smallest absolute Gasteiger partial charge is 0.296 e.